The van der Waals surface area contributed by atoms with E-state index in [1.165, 1.54) is 0 Å². The second-order valence-electron chi connectivity index (χ2n) is 4.57. The minimum atomic E-state index is -3.84. The van der Waals surface area contributed by atoms with Crippen LogP contribution in [0, 0.1) is 10.1 Å². The molecule has 8 nitrogen and oxygen atoms in total. The third-order valence-electron chi connectivity index (χ3n) is 3.07. The summed E-state index contributed by atoms with van der Waals surface area (Å²) in [6.07, 6.45) is 1.58. The van der Waals surface area contributed by atoms with E-state index in [1.54, 1.807) is 0 Å². The summed E-state index contributed by atoms with van der Waals surface area (Å²) in [5, 5.41) is 23.1. The Morgan fingerprint density at radius 1 is 1.45 bits per heavy atom. The van der Waals surface area contributed by atoms with Gasteiger partial charge in [-0.15, -0.1) is 0 Å². The van der Waals surface area contributed by atoms with Crippen molar-refractivity contribution >= 4 is 15.7 Å². The summed E-state index contributed by atoms with van der Waals surface area (Å²) in [5.41, 5.74) is -0.630. The number of phenolic OH excluding ortho intramolecular Hbond substituents is 1. The van der Waals surface area contributed by atoms with E-state index in [-0.39, 0.29) is 10.9 Å². The quantitative estimate of drug-likeness (QED) is 0.544. The third-order valence-corrected chi connectivity index (χ3v) is 4.59. The van der Waals surface area contributed by atoms with E-state index in [1.807, 2.05) is 0 Å². The highest BCUT2D eigenvalue weighted by Gasteiger charge is 2.24. The highest BCUT2D eigenvalue weighted by atomic mass is 32.2. The number of aromatic hydroxyl groups is 1. The molecular weight excluding hydrogens is 286 g/mol. The van der Waals surface area contributed by atoms with Gasteiger partial charge < -0.3 is 10.4 Å². The van der Waals surface area contributed by atoms with Crippen molar-refractivity contribution in [2.24, 2.45) is 0 Å². The summed E-state index contributed by atoms with van der Waals surface area (Å²) < 4.78 is 26.8. The largest absolute Gasteiger partial charge is 0.502 e. The van der Waals surface area contributed by atoms with E-state index in [9.17, 15) is 23.6 Å². The topological polar surface area (TPSA) is 122 Å². The minimum Gasteiger partial charge on any atom is -0.502 e. The van der Waals surface area contributed by atoms with Crippen LogP contribution in [0.25, 0.3) is 0 Å². The number of benzene rings is 1. The normalized spacial score (nSPS) is 19.7. The molecule has 1 atom stereocenters. The van der Waals surface area contributed by atoms with Crippen LogP contribution in [-0.4, -0.2) is 37.6 Å². The molecule has 1 aliphatic rings. The number of rotatable bonds is 4. The van der Waals surface area contributed by atoms with Gasteiger partial charge in [0.15, 0.2) is 5.75 Å². The smallest absolute Gasteiger partial charge is 0.312 e. The summed E-state index contributed by atoms with van der Waals surface area (Å²) in [5.74, 6) is -0.562. The van der Waals surface area contributed by atoms with E-state index in [0.29, 0.717) is 13.0 Å². The maximum Gasteiger partial charge on any atom is 0.312 e. The van der Waals surface area contributed by atoms with Gasteiger partial charge in [-0.05, 0) is 31.5 Å². The molecule has 0 radical (unpaired) electrons. The zero-order valence-electron chi connectivity index (χ0n) is 10.6. The monoisotopic (exact) mass is 301 g/mol. The lowest BCUT2D eigenvalue weighted by Crippen LogP contribution is -2.45. The van der Waals surface area contributed by atoms with Gasteiger partial charge in [-0.2, -0.15) is 0 Å². The van der Waals surface area contributed by atoms with Crippen LogP contribution in [0.15, 0.2) is 23.1 Å². The fraction of sp³-hybridized carbons (Fsp3) is 0.455. The molecular formula is C11H15N3O5S. The molecule has 1 aromatic rings. The Balaban J connectivity index is 2.24. The van der Waals surface area contributed by atoms with Gasteiger partial charge in [0, 0.05) is 18.7 Å². The SMILES string of the molecule is O=[N+]([O-])c1cc(S(=O)(=O)N[C@H]2CCCNC2)ccc1O. The van der Waals surface area contributed by atoms with Crippen molar-refractivity contribution < 1.29 is 18.4 Å². The standard InChI is InChI=1S/C11H15N3O5S/c15-11-4-3-9(6-10(11)14(16)17)20(18,19)13-8-2-1-5-12-7-8/h3-4,6,8,12-13,15H,1-2,5,7H2/t8-/m0/s1. The average molecular weight is 301 g/mol. The van der Waals surface area contributed by atoms with Crippen LogP contribution >= 0.6 is 0 Å². The van der Waals surface area contributed by atoms with Crippen molar-refractivity contribution in [1.82, 2.24) is 10.0 Å². The molecule has 0 unspecified atom stereocenters. The van der Waals surface area contributed by atoms with Gasteiger partial charge in [-0.25, -0.2) is 13.1 Å². The summed E-state index contributed by atoms with van der Waals surface area (Å²) in [7, 11) is -3.84. The number of piperidine rings is 1. The molecule has 9 heteroatoms. The van der Waals surface area contributed by atoms with Gasteiger partial charge in [-0.3, -0.25) is 10.1 Å². The third kappa shape index (κ3) is 3.24. The number of hydrogen-bond acceptors (Lipinski definition) is 6. The van der Waals surface area contributed by atoms with Gasteiger partial charge in [0.25, 0.3) is 0 Å². The average Bonchev–Trinajstić information content (AvgIpc) is 2.39. The number of nitrogens with zero attached hydrogens (tertiary/aromatic N) is 1. The van der Waals surface area contributed by atoms with Gasteiger partial charge in [0.05, 0.1) is 9.82 Å². The van der Waals surface area contributed by atoms with Crippen LogP contribution in [0.2, 0.25) is 0 Å². The van der Waals surface area contributed by atoms with E-state index >= 15 is 0 Å². The highest BCUT2D eigenvalue weighted by Crippen LogP contribution is 2.28. The first kappa shape index (κ1) is 14.7. The summed E-state index contributed by atoms with van der Waals surface area (Å²) in [4.78, 5) is 9.66. The van der Waals surface area contributed by atoms with Gasteiger partial charge in [0.1, 0.15) is 0 Å². The Morgan fingerprint density at radius 2 is 2.20 bits per heavy atom. The molecule has 1 saturated heterocycles. The van der Waals surface area contributed by atoms with E-state index in [4.69, 9.17) is 0 Å². The van der Waals surface area contributed by atoms with Crippen LogP contribution in [-0.2, 0) is 10.0 Å². The van der Waals surface area contributed by atoms with Gasteiger partial charge in [0.2, 0.25) is 10.0 Å². The molecule has 110 valence electrons. The minimum absolute atomic E-state index is 0.229. The first-order chi connectivity index (χ1) is 9.40. The first-order valence-corrected chi connectivity index (χ1v) is 7.59. The Bertz CT molecular complexity index is 610. The number of nitrogens with one attached hydrogen (secondary N) is 2. The highest BCUT2D eigenvalue weighted by molar-refractivity contribution is 7.89. The number of nitro benzene ring substituents is 1. The van der Waals surface area contributed by atoms with Crippen molar-refractivity contribution in [2.75, 3.05) is 13.1 Å². The Kier molecular flexibility index (Phi) is 4.21. The Morgan fingerprint density at radius 3 is 2.80 bits per heavy atom. The Labute approximate surface area is 116 Å². The molecule has 0 amide bonds. The predicted octanol–water partition coefficient (Wildman–Crippen LogP) is 0.331. The van der Waals surface area contributed by atoms with Crippen LogP contribution in [0.5, 0.6) is 5.75 Å². The van der Waals surface area contributed by atoms with Crippen molar-refractivity contribution in [1.29, 1.82) is 0 Å². The van der Waals surface area contributed by atoms with Crippen LogP contribution in [0.3, 0.4) is 0 Å². The van der Waals surface area contributed by atoms with E-state index < -0.39 is 26.4 Å². The van der Waals surface area contributed by atoms with E-state index in [2.05, 4.69) is 10.0 Å². The number of hydrogen-bond donors (Lipinski definition) is 3. The summed E-state index contributed by atoms with van der Waals surface area (Å²) >= 11 is 0. The predicted molar refractivity (Wildman–Crippen MR) is 71.0 cm³/mol. The molecule has 1 fully saturated rings. The molecule has 1 heterocycles. The van der Waals surface area contributed by atoms with Crippen LogP contribution in [0.1, 0.15) is 12.8 Å². The van der Waals surface area contributed by atoms with Crippen molar-refractivity contribution in [3.63, 3.8) is 0 Å². The lowest BCUT2D eigenvalue weighted by molar-refractivity contribution is -0.386. The van der Waals surface area contributed by atoms with Crippen molar-refractivity contribution in [3.05, 3.63) is 28.3 Å². The zero-order valence-corrected chi connectivity index (χ0v) is 11.4. The fourth-order valence-corrected chi connectivity index (χ4v) is 3.35. The maximum absolute atomic E-state index is 12.1. The molecule has 2 rings (SSSR count). The molecule has 1 aliphatic heterocycles. The lowest BCUT2D eigenvalue weighted by Gasteiger charge is -2.23. The second kappa shape index (κ2) is 5.73. The number of nitro groups is 1. The van der Waals surface area contributed by atoms with E-state index in [0.717, 1.165) is 31.2 Å². The lowest BCUT2D eigenvalue weighted by atomic mass is 10.1. The molecule has 0 aliphatic carbocycles. The van der Waals surface area contributed by atoms with Gasteiger partial charge in [-0.1, -0.05) is 0 Å². The van der Waals surface area contributed by atoms with Gasteiger partial charge >= 0.3 is 5.69 Å². The number of phenols is 1. The molecule has 3 N–H and O–H groups in total. The molecule has 20 heavy (non-hydrogen) atoms. The molecule has 0 bridgehead atoms. The summed E-state index contributed by atoms with van der Waals surface area (Å²) in [6.45, 7) is 1.38. The first-order valence-electron chi connectivity index (χ1n) is 6.10. The maximum atomic E-state index is 12.1. The number of sulfonamides is 1. The van der Waals surface area contributed by atoms with Crippen molar-refractivity contribution in [3.8, 4) is 5.75 Å². The molecule has 1 aromatic carbocycles. The molecule has 0 spiro atoms. The zero-order chi connectivity index (χ0) is 14.8. The summed E-state index contributed by atoms with van der Waals surface area (Å²) in [6, 6.07) is 2.77. The molecule has 0 aromatic heterocycles. The molecule has 0 saturated carbocycles. The van der Waals surface area contributed by atoms with Crippen LogP contribution in [0.4, 0.5) is 5.69 Å². The van der Waals surface area contributed by atoms with Crippen LogP contribution < -0.4 is 10.0 Å². The Hall–Kier alpha value is -1.71. The fourth-order valence-electron chi connectivity index (χ4n) is 2.06. The van der Waals surface area contributed by atoms with Crippen molar-refractivity contribution in [2.45, 2.75) is 23.8 Å². The second-order valence-corrected chi connectivity index (χ2v) is 6.29.